The Labute approximate surface area is 164 Å². The third-order valence-electron chi connectivity index (χ3n) is 3.02. The van der Waals surface area contributed by atoms with Gasteiger partial charge in [-0.2, -0.15) is 0 Å². The van der Waals surface area contributed by atoms with Gasteiger partial charge in [0.1, 0.15) is 36.6 Å². The van der Waals surface area contributed by atoms with Crippen molar-refractivity contribution in [1.29, 1.82) is 0 Å². The van der Waals surface area contributed by atoms with Crippen LogP contribution in [0.5, 0.6) is 0 Å². The Morgan fingerprint density at radius 2 is 0.778 bits per heavy atom. The summed E-state index contributed by atoms with van der Waals surface area (Å²) in [6, 6.07) is 0. The molecule has 0 aliphatic rings. The summed E-state index contributed by atoms with van der Waals surface area (Å²) >= 11 is 0. The van der Waals surface area contributed by atoms with Crippen molar-refractivity contribution >= 4 is 11.9 Å². The normalized spacial score (nSPS) is 19.6. The minimum Gasteiger partial charge on any atom is -0.479 e. The number of aliphatic hydroxyl groups is 10. The number of hydrogen-bond donors (Lipinski definition) is 12. The molecule has 12 N–H and O–H groups in total. The maximum Gasteiger partial charge on any atom is 0.335 e. The van der Waals surface area contributed by atoms with Crippen LogP contribution in [0.1, 0.15) is 0 Å². The smallest absolute Gasteiger partial charge is 0.335 e. The number of carbonyl (C=O) groups is 2. The summed E-state index contributed by atoms with van der Waals surface area (Å²) in [5.41, 5.74) is 0. The number of rotatable bonds is 10. The van der Waals surface area contributed by atoms with Crippen molar-refractivity contribution in [3.8, 4) is 0 Å². The van der Waals surface area contributed by atoms with Gasteiger partial charge in [0.05, 0.1) is 13.2 Å². The number of aliphatic hydroxyl groups excluding tert-OH is 10. The Bertz CT molecular complexity index is 385. The fourth-order valence-electron chi connectivity index (χ4n) is 1.34. The second-order valence-corrected chi connectivity index (χ2v) is 5.03. The molecule has 0 bridgehead atoms. The molecule has 0 aromatic heterocycles. The zero-order valence-corrected chi connectivity index (χ0v) is 16.9. The maximum absolute atomic E-state index is 10.1. The number of aliphatic carboxylic acids is 2. The second kappa shape index (κ2) is 15.1. The summed E-state index contributed by atoms with van der Waals surface area (Å²) in [5, 5.41) is 104. The fraction of sp³-hybridized carbons (Fsp3) is 0.833. The van der Waals surface area contributed by atoms with Gasteiger partial charge in [-0.25, -0.2) is 9.59 Å². The molecule has 0 aliphatic carbocycles. The molecule has 15 heteroatoms. The van der Waals surface area contributed by atoms with E-state index in [9.17, 15) is 9.59 Å². The predicted molar refractivity (Wildman–Crippen MR) is 77.5 cm³/mol. The zero-order chi connectivity index (χ0) is 21.2. The number of carboxylic acid groups (broad SMARTS) is 2. The molecular weight excluding hydrogens is 434 g/mol. The number of carboxylic acids is 2. The molecule has 0 aliphatic heterocycles. The minimum absolute atomic E-state index is 0. The first-order valence-corrected chi connectivity index (χ1v) is 6.95. The Balaban J connectivity index is -0.000000411. The van der Waals surface area contributed by atoms with Crippen molar-refractivity contribution in [2.45, 2.75) is 48.8 Å². The van der Waals surface area contributed by atoms with Crippen LogP contribution in [-0.2, 0) is 29.1 Å². The van der Waals surface area contributed by atoms with Crippen molar-refractivity contribution in [3.05, 3.63) is 0 Å². The Morgan fingerprint density at radius 1 is 0.556 bits per heavy atom. The molecule has 0 amide bonds. The van der Waals surface area contributed by atoms with Crippen LogP contribution in [0.3, 0.4) is 0 Å². The summed E-state index contributed by atoms with van der Waals surface area (Å²) in [6.45, 7) is -1.69. The van der Waals surface area contributed by atoms with Crippen LogP contribution in [0.15, 0.2) is 0 Å². The molecule has 0 heterocycles. The Kier molecular flexibility index (Phi) is 17.3. The third-order valence-corrected chi connectivity index (χ3v) is 3.02. The van der Waals surface area contributed by atoms with Crippen LogP contribution in [0.4, 0.5) is 0 Å². The van der Waals surface area contributed by atoms with E-state index in [0.717, 1.165) is 0 Å². The largest absolute Gasteiger partial charge is 0.479 e. The molecular formula is C12H24O14Zn. The van der Waals surface area contributed by atoms with Crippen LogP contribution in [-0.4, -0.2) is 135 Å². The Hall–Kier alpha value is -0.837. The van der Waals surface area contributed by atoms with Gasteiger partial charge in [0.25, 0.3) is 0 Å². The molecule has 0 fully saturated rings. The molecule has 0 aromatic rings. The molecule has 14 nitrogen and oxygen atoms in total. The molecule has 0 spiro atoms. The third kappa shape index (κ3) is 10.9. The van der Waals surface area contributed by atoms with E-state index < -0.39 is 74.0 Å². The first kappa shape index (κ1) is 30.9. The van der Waals surface area contributed by atoms with E-state index in [1.54, 1.807) is 0 Å². The van der Waals surface area contributed by atoms with E-state index in [-0.39, 0.29) is 19.5 Å². The van der Waals surface area contributed by atoms with Gasteiger partial charge in [-0.05, 0) is 0 Å². The van der Waals surface area contributed by atoms with E-state index in [4.69, 9.17) is 61.3 Å². The molecule has 0 radical (unpaired) electrons. The quantitative estimate of drug-likeness (QED) is 0.136. The molecule has 8 unspecified atom stereocenters. The molecule has 0 aromatic carbocycles. The summed E-state index contributed by atoms with van der Waals surface area (Å²) in [5.74, 6) is -3.45. The average Bonchev–Trinajstić information content (AvgIpc) is 2.62. The van der Waals surface area contributed by atoms with Crippen LogP contribution in [0.25, 0.3) is 0 Å². The average molecular weight is 458 g/mol. The van der Waals surface area contributed by atoms with Crippen molar-refractivity contribution < 1.29 is 90.3 Å². The van der Waals surface area contributed by atoms with E-state index in [1.165, 1.54) is 0 Å². The fourth-order valence-corrected chi connectivity index (χ4v) is 1.34. The van der Waals surface area contributed by atoms with E-state index in [2.05, 4.69) is 0 Å². The van der Waals surface area contributed by atoms with E-state index in [1.807, 2.05) is 0 Å². The molecule has 158 valence electrons. The van der Waals surface area contributed by atoms with Crippen LogP contribution in [0, 0.1) is 0 Å². The van der Waals surface area contributed by atoms with Gasteiger partial charge in [-0.1, -0.05) is 0 Å². The van der Waals surface area contributed by atoms with Gasteiger partial charge >= 0.3 is 11.9 Å². The topological polar surface area (TPSA) is 277 Å². The maximum atomic E-state index is 10.1. The van der Waals surface area contributed by atoms with Crippen LogP contribution in [0.2, 0.25) is 0 Å². The van der Waals surface area contributed by atoms with Gasteiger partial charge < -0.3 is 61.3 Å². The van der Waals surface area contributed by atoms with Gasteiger partial charge in [0, 0.05) is 19.5 Å². The van der Waals surface area contributed by atoms with Crippen LogP contribution < -0.4 is 0 Å². The van der Waals surface area contributed by atoms with Crippen molar-refractivity contribution in [2.24, 2.45) is 0 Å². The van der Waals surface area contributed by atoms with Gasteiger partial charge in [-0.3, -0.25) is 0 Å². The molecule has 8 atom stereocenters. The monoisotopic (exact) mass is 456 g/mol. The standard InChI is InChI=1S/2C6H12O7.Zn/c2*7-1-2(8)3(9)4(10)5(11)6(12)13;/h2*2-5,7-11H,1H2,(H,12,13);. The number of hydrogen-bond acceptors (Lipinski definition) is 12. The van der Waals surface area contributed by atoms with Crippen molar-refractivity contribution in [2.75, 3.05) is 13.2 Å². The van der Waals surface area contributed by atoms with Crippen LogP contribution >= 0.6 is 0 Å². The van der Waals surface area contributed by atoms with Gasteiger partial charge in [0.15, 0.2) is 12.2 Å². The van der Waals surface area contributed by atoms with Crippen molar-refractivity contribution in [3.63, 3.8) is 0 Å². The summed E-state index contributed by atoms with van der Waals surface area (Å²) in [4.78, 5) is 20.2. The molecule has 27 heavy (non-hydrogen) atoms. The molecule has 0 saturated carbocycles. The van der Waals surface area contributed by atoms with E-state index in [0.29, 0.717) is 0 Å². The predicted octanol–water partition coefficient (Wildman–Crippen LogP) is -6.99. The van der Waals surface area contributed by atoms with Gasteiger partial charge in [-0.15, -0.1) is 0 Å². The SMILES string of the molecule is O=C(O)C(O)C(O)C(O)C(O)CO.O=C(O)C(O)C(O)C(O)C(O)CO.[Zn]. The summed E-state index contributed by atoms with van der Waals surface area (Å²) in [6.07, 6.45) is -15.7. The molecule has 0 rings (SSSR count). The second-order valence-electron chi connectivity index (χ2n) is 5.03. The van der Waals surface area contributed by atoms with Crippen molar-refractivity contribution in [1.82, 2.24) is 0 Å². The summed E-state index contributed by atoms with van der Waals surface area (Å²) < 4.78 is 0. The Morgan fingerprint density at radius 3 is 0.926 bits per heavy atom. The minimum atomic E-state index is -2.20. The van der Waals surface area contributed by atoms with Gasteiger partial charge in [0.2, 0.25) is 0 Å². The zero-order valence-electron chi connectivity index (χ0n) is 13.9. The first-order chi connectivity index (χ1) is 11.8. The molecule has 0 saturated heterocycles. The first-order valence-electron chi connectivity index (χ1n) is 6.95. The summed E-state index contributed by atoms with van der Waals surface area (Å²) in [7, 11) is 0. The van der Waals surface area contributed by atoms with E-state index >= 15 is 0 Å².